The van der Waals surface area contributed by atoms with Crippen LogP contribution in [0.3, 0.4) is 0 Å². The lowest BCUT2D eigenvalue weighted by molar-refractivity contribution is -0.150. The second-order valence-electron chi connectivity index (χ2n) is 7.39. The van der Waals surface area contributed by atoms with E-state index in [-0.39, 0.29) is 17.9 Å². The van der Waals surface area contributed by atoms with Crippen molar-refractivity contribution in [1.29, 1.82) is 0 Å². The second-order valence-corrected chi connectivity index (χ2v) is 7.39. The maximum Gasteiger partial charge on any atom is 0.253 e. The molecule has 2 fully saturated rings. The van der Waals surface area contributed by atoms with Crippen LogP contribution in [-0.4, -0.2) is 71.6 Å². The van der Waals surface area contributed by atoms with E-state index >= 15 is 0 Å². The monoisotopic (exact) mass is 342 g/mol. The van der Waals surface area contributed by atoms with Crippen molar-refractivity contribution in [2.75, 3.05) is 39.8 Å². The summed E-state index contributed by atoms with van der Waals surface area (Å²) in [6.07, 6.45) is 1.75. The molecular weight excluding hydrogens is 316 g/mol. The van der Waals surface area contributed by atoms with Gasteiger partial charge in [0, 0.05) is 32.1 Å². The lowest BCUT2D eigenvalue weighted by atomic mass is 9.97. The molecule has 0 spiro atoms. The normalized spacial score (nSPS) is 25.4. The van der Waals surface area contributed by atoms with Crippen LogP contribution in [-0.2, 0) is 9.53 Å². The SMILES string of the molecule is Cc1ccc2nc([C@@H]3CCCN(C(=O)[C@@H]4CN(C)CCO4)C3)[nH]c2c1. The fourth-order valence-corrected chi connectivity index (χ4v) is 3.87. The molecule has 2 aliphatic heterocycles. The number of benzene rings is 1. The number of ether oxygens (including phenoxy) is 1. The fraction of sp³-hybridized carbons (Fsp3) is 0.579. The zero-order valence-corrected chi connectivity index (χ0v) is 15.0. The van der Waals surface area contributed by atoms with Crippen molar-refractivity contribution in [3.8, 4) is 0 Å². The van der Waals surface area contributed by atoms with Gasteiger partial charge in [-0.15, -0.1) is 0 Å². The van der Waals surface area contributed by atoms with E-state index in [0.717, 1.165) is 49.3 Å². The molecule has 1 aromatic carbocycles. The molecule has 2 saturated heterocycles. The van der Waals surface area contributed by atoms with Crippen molar-refractivity contribution >= 4 is 16.9 Å². The third kappa shape index (κ3) is 3.41. The molecule has 134 valence electrons. The van der Waals surface area contributed by atoms with Crippen molar-refractivity contribution in [2.45, 2.75) is 31.8 Å². The van der Waals surface area contributed by atoms with Gasteiger partial charge in [-0.05, 0) is 44.5 Å². The first kappa shape index (κ1) is 16.5. The zero-order valence-electron chi connectivity index (χ0n) is 15.0. The minimum absolute atomic E-state index is 0.128. The summed E-state index contributed by atoms with van der Waals surface area (Å²) >= 11 is 0. The third-order valence-corrected chi connectivity index (χ3v) is 5.32. The van der Waals surface area contributed by atoms with Crippen molar-refractivity contribution in [2.24, 2.45) is 0 Å². The summed E-state index contributed by atoms with van der Waals surface area (Å²) in [5.41, 5.74) is 3.30. The first-order valence-corrected chi connectivity index (χ1v) is 9.15. The average molecular weight is 342 g/mol. The Bertz CT molecular complexity index is 772. The summed E-state index contributed by atoms with van der Waals surface area (Å²) in [6.45, 7) is 5.84. The number of fused-ring (bicyclic) bond motifs is 1. The number of likely N-dealkylation sites (N-methyl/N-ethyl adjacent to an activating group) is 1. The van der Waals surface area contributed by atoms with Crippen LogP contribution in [0.15, 0.2) is 18.2 Å². The lowest BCUT2D eigenvalue weighted by Crippen LogP contribution is -2.51. The molecule has 4 rings (SSSR count). The number of H-pyrrole nitrogens is 1. The number of hydrogen-bond donors (Lipinski definition) is 1. The second kappa shape index (κ2) is 6.77. The maximum absolute atomic E-state index is 12.8. The van der Waals surface area contributed by atoms with Crippen LogP contribution < -0.4 is 0 Å². The minimum atomic E-state index is -0.323. The summed E-state index contributed by atoms with van der Waals surface area (Å²) in [5, 5.41) is 0. The van der Waals surface area contributed by atoms with E-state index in [1.807, 2.05) is 11.9 Å². The van der Waals surface area contributed by atoms with Gasteiger partial charge in [-0.2, -0.15) is 0 Å². The summed E-state index contributed by atoms with van der Waals surface area (Å²) in [5.74, 6) is 1.40. The molecule has 2 atom stereocenters. The number of morpholine rings is 1. The molecule has 1 N–H and O–H groups in total. The zero-order chi connectivity index (χ0) is 17.4. The van der Waals surface area contributed by atoms with E-state index in [9.17, 15) is 4.79 Å². The highest BCUT2D eigenvalue weighted by molar-refractivity contribution is 5.81. The Kier molecular flexibility index (Phi) is 4.48. The number of aromatic amines is 1. The number of carbonyl (C=O) groups excluding carboxylic acids is 1. The van der Waals surface area contributed by atoms with Crippen molar-refractivity contribution < 1.29 is 9.53 Å². The molecule has 0 saturated carbocycles. The number of rotatable bonds is 2. The first-order valence-electron chi connectivity index (χ1n) is 9.15. The molecule has 1 aromatic heterocycles. The van der Waals surface area contributed by atoms with Gasteiger partial charge in [0.25, 0.3) is 5.91 Å². The Morgan fingerprint density at radius 1 is 1.32 bits per heavy atom. The van der Waals surface area contributed by atoms with E-state index < -0.39 is 0 Å². The summed E-state index contributed by atoms with van der Waals surface area (Å²) < 4.78 is 5.71. The number of aromatic nitrogens is 2. The number of nitrogens with one attached hydrogen (secondary N) is 1. The minimum Gasteiger partial charge on any atom is -0.366 e. The van der Waals surface area contributed by atoms with Crippen molar-refractivity contribution in [1.82, 2.24) is 19.8 Å². The molecule has 0 aliphatic carbocycles. The molecule has 0 bridgehead atoms. The molecule has 6 heteroatoms. The quantitative estimate of drug-likeness (QED) is 0.906. The maximum atomic E-state index is 12.8. The number of carbonyl (C=O) groups is 1. The smallest absolute Gasteiger partial charge is 0.253 e. The van der Waals surface area contributed by atoms with Gasteiger partial charge in [0.15, 0.2) is 0 Å². The predicted octanol–water partition coefficient (Wildman–Crippen LogP) is 1.91. The number of nitrogens with zero attached hydrogens (tertiary/aromatic N) is 3. The molecule has 0 unspecified atom stereocenters. The number of imidazole rings is 1. The van der Waals surface area contributed by atoms with Gasteiger partial charge in [0.2, 0.25) is 0 Å². The Morgan fingerprint density at radius 2 is 2.20 bits per heavy atom. The van der Waals surface area contributed by atoms with Gasteiger partial charge in [-0.25, -0.2) is 4.98 Å². The Balaban J connectivity index is 1.49. The van der Waals surface area contributed by atoms with E-state index in [1.54, 1.807) is 0 Å². The van der Waals surface area contributed by atoms with Gasteiger partial charge >= 0.3 is 0 Å². The number of hydrogen-bond acceptors (Lipinski definition) is 4. The largest absolute Gasteiger partial charge is 0.366 e. The summed E-state index contributed by atoms with van der Waals surface area (Å²) in [4.78, 5) is 25.2. The lowest BCUT2D eigenvalue weighted by Gasteiger charge is -2.36. The highest BCUT2D eigenvalue weighted by Gasteiger charge is 2.33. The fourth-order valence-electron chi connectivity index (χ4n) is 3.87. The third-order valence-electron chi connectivity index (χ3n) is 5.32. The first-order chi connectivity index (χ1) is 12.1. The van der Waals surface area contributed by atoms with E-state index in [4.69, 9.17) is 9.72 Å². The van der Waals surface area contributed by atoms with E-state index in [0.29, 0.717) is 13.2 Å². The van der Waals surface area contributed by atoms with Gasteiger partial charge in [-0.1, -0.05) is 6.07 Å². The molecule has 2 aliphatic rings. The summed E-state index contributed by atoms with van der Waals surface area (Å²) in [6, 6.07) is 6.27. The van der Waals surface area contributed by atoms with Crippen molar-refractivity contribution in [3.63, 3.8) is 0 Å². The van der Waals surface area contributed by atoms with Gasteiger partial charge in [0.05, 0.1) is 17.6 Å². The van der Waals surface area contributed by atoms with Crippen LogP contribution in [0.5, 0.6) is 0 Å². The molecular formula is C19H26N4O2. The van der Waals surface area contributed by atoms with E-state index in [2.05, 4.69) is 35.0 Å². The molecule has 1 amide bonds. The van der Waals surface area contributed by atoms with Crippen LogP contribution >= 0.6 is 0 Å². The average Bonchev–Trinajstić information content (AvgIpc) is 3.04. The standard InChI is InChI=1S/C19H26N4O2/c1-13-5-6-15-16(10-13)21-18(20-15)14-4-3-7-23(11-14)19(24)17-12-22(2)8-9-25-17/h5-6,10,14,17H,3-4,7-9,11-12H2,1-2H3,(H,20,21)/t14-,17+/m1/s1. The molecule has 3 heterocycles. The number of piperidine rings is 1. The van der Waals surface area contributed by atoms with Crippen LogP contribution in [0.1, 0.15) is 30.1 Å². The Labute approximate surface area is 148 Å². The van der Waals surface area contributed by atoms with Crippen molar-refractivity contribution in [3.05, 3.63) is 29.6 Å². The number of amides is 1. The highest BCUT2D eigenvalue weighted by Crippen LogP contribution is 2.27. The molecule has 25 heavy (non-hydrogen) atoms. The van der Waals surface area contributed by atoms with Gasteiger partial charge < -0.3 is 19.5 Å². The van der Waals surface area contributed by atoms with Gasteiger partial charge in [-0.3, -0.25) is 4.79 Å². The van der Waals surface area contributed by atoms with Crippen LogP contribution in [0.4, 0.5) is 0 Å². The van der Waals surface area contributed by atoms with Crippen LogP contribution in [0.2, 0.25) is 0 Å². The Hall–Kier alpha value is -1.92. The predicted molar refractivity (Wildman–Crippen MR) is 96.6 cm³/mol. The topological polar surface area (TPSA) is 61.5 Å². The Morgan fingerprint density at radius 3 is 3.04 bits per heavy atom. The highest BCUT2D eigenvalue weighted by atomic mass is 16.5. The number of likely N-dealkylation sites (tertiary alicyclic amines) is 1. The van der Waals surface area contributed by atoms with Crippen LogP contribution in [0.25, 0.3) is 11.0 Å². The number of aryl methyl sites for hydroxylation is 1. The molecule has 0 radical (unpaired) electrons. The van der Waals surface area contributed by atoms with E-state index in [1.165, 1.54) is 5.56 Å². The van der Waals surface area contributed by atoms with Crippen LogP contribution in [0, 0.1) is 6.92 Å². The van der Waals surface area contributed by atoms with Gasteiger partial charge in [0.1, 0.15) is 11.9 Å². The summed E-state index contributed by atoms with van der Waals surface area (Å²) in [7, 11) is 2.04. The molecule has 6 nitrogen and oxygen atoms in total. The molecule has 2 aromatic rings.